The van der Waals surface area contributed by atoms with Crippen LogP contribution in [0.3, 0.4) is 0 Å². The van der Waals surface area contributed by atoms with Crippen LogP contribution < -0.4 is 11.1 Å². The lowest BCUT2D eigenvalue weighted by molar-refractivity contribution is 0.295. The van der Waals surface area contributed by atoms with Crippen LogP contribution in [-0.4, -0.2) is 0 Å². The van der Waals surface area contributed by atoms with Crippen LogP contribution in [0.25, 0.3) is 0 Å². The van der Waals surface area contributed by atoms with Crippen LogP contribution in [-0.2, 0) is 6.42 Å². The van der Waals surface area contributed by atoms with Crippen molar-refractivity contribution in [1.82, 2.24) is 0 Å². The van der Waals surface area contributed by atoms with Crippen LogP contribution in [0.2, 0.25) is 5.02 Å². The van der Waals surface area contributed by atoms with Crippen molar-refractivity contribution in [2.45, 2.75) is 26.3 Å². The number of nitrogen functional groups attached to an aromatic ring is 1. The molecular formula is C17H19ClN2. The number of fused-ring (bicyclic) bond motifs is 1. The van der Waals surface area contributed by atoms with Crippen LogP contribution in [0.4, 0.5) is 11.4 Å². The zero-order chi connectivity index (χ0) is 14.3. The summed E-state index contributed by atoms with van der Waals surface area (Å²) in [7, 11) is 0. The Bertz CT molecular complexity index is 649. The van der Waals surface area contributed by atoms with Crippen LogP contribution in [0.5, 0.6) is 0 Å². The first kappa shape index (κ1) is 13.3. The van der Waals surface area contributed by atoms with E-state index in [9.17, 15) is 0 Å². The van der Waals surface area contributed by atoms with Gasteiger partial charge in [0.25, 0.3) is 0 Å². The molecule has 0 unspecified atom stereocenters. The van der Waals surface area contributed by atoms with Crippen LogP contribution in [0.15, 0.2) is 42.5 Å². The van der Waals surface area contributed by atoms with Gasteiger partial charge in [0.05, 0.1) is 6.04 Å². The maximum Gasteiger partial charge on any atom is 0.0568 e. The molecule has 0 spiro atoms. The van der Waals surface area contributed by atoms with Gasteiger partial charge in [-0.1, -0.05) is 37.6 Å². The minimum Gasteiger partial charge on any atom is -0.399 e. The van der Waals surface area contributed by atoms with Gasteiger partial charge in [0.15, 0.2) is 0 Å². The molecule has 0 aromatic heterocycles. The number of nitrogens with one attached hydrogen (secondary N) is 1. The van der Waals surface area contributed by atoms with Crippen molar-refractivity contribution in [3.8, 4) is 0 Å². The number of anilines is 2. The summed E-state index contributed by atoms with van der Waals surface area (Å²) in [6.45, 7) is 4.55. The van der Waals surface area contributed by atoms with Crippen molar-refractivity contribution in [1.29, 1.82) is 0 Å². The Balaban J connectivity index is 2.03. The molecule has 2 aromatic rings. The van der Waals surface area contributed by atoms with Crippen molar-refractivity contribution < 1.29 is 0 Å². The Morgan fingerprint density at radius 2 is 2.00 bits per heavy atom. The normalized spacial score (nSPS) is 20.1. The monoisotopic (exact) mass is 286 g/mol. The highest BCUT2D eigenvalue weighted by molar-refractivity contribution is 6.30. The summed E-state index contributed by atoms with van der Waals surface area (Å²) in [5.74, 6) is 0. The molecule has 1 aliphatic heterocycles. The first-order chi connectivity index (χ1) is 9.45. The lowest BCUT2D eigenvalue weighted by atomic mass is 9.73. The second-order valence-electron chi connectivity index (χ2n) is 6.21. The zero-order valence-electron chi connectivity index (χ0n) is 11.8. The van der Waals surface area contributed by atoms with E-state index in [1.807, 2.05) is 18.2 Å². The molecule has 0 aliphatic carbocycles. The lowest BCUT2D eigenvalue weighted by Gasteiger charge is -2.41. The predicted molar refractivity (Wildman–Crippen MR) is 86.2 cm³/mol. The Kier molecular flexibility index (Phi) is 3.14. The van der Waals surface area contributed by atoms with Crippen molar-refractivity contribution >= 4 is 23.0 Å². The Hall–Kier alpha value is -1.67. The number of benzene rings is 2. The molecule has 3 heteroatoms. The van der Waals surface area contributed by atoms with E-state index in [-0.39, 0.29) is 11.5 Å². The Labute approximate surface area is 125 Å². The third-order valence-electron chi connectivity index (χ3n) is 4.04. The quantitative estimate of drug-likeness (QED) is 0.748. The fourth-order valence-electron chi connectivity index (χ4n) is 3.07. The van der Waals surface area contributed by atoms with Crippen molar-refractivity contribution in [2.24, 2.45) is 5.41 Å². The van der Waals surface area contributed by atoms with Gasteiger partial charge < -0.3 is 11.1 Å². The molecule has 0 amide bonds. The van der Waals surface area contributed by atoms with Gasteiger partial charge in [-0.2, -0.15) is 0 Å². The minimum atomic E-state index is 0.103. The topological polar surface area (TPSA) is 38.0 Å². The summed E-state index contributed by atoms with van der Waals surface area (Å²) in [6.07, 6.45) is 0.995. The van der Waals surface area contributed by atoms with Gasteiger partial charge in [0.1, 0.15) is 0 Å². The molecule has 3 N–H and O–H groups in total. The number of hydrogen-bond acceptors (Lipinski definition) is 2. The van der Waals surface area contributed by atoms with E-state index in [4.69, 9.17) is 17.3 Å². The smallest absolute Gasteiger partial charge is 0.0568 e. The molecule has 104 valence electrons. The third kappa shape index (κ3) is 2.36. The second-order valence-corrected chi connectivity index (χ2v) is 6.65. The standard InChI is InChI=1S/C17H19ClN2/c1-17(2)10-12-8-13(18)6-7-15(12)20-16(17)11-4-3-5-14(19)9-11/h3-9,16,20H,10,19H2,1-2H3/t16-/m0/s1. The van der Waals surface area contributed by atoms with Crippen molar-refractivity contribution in [3.05, 3.63) is 58.6 Å². The summed E-state index contributed by atoms with van der Waals surface area (Å²) in [4.78, 5) is 0. The molecule has 1 aliphatic rings. The third-order valence-corrected chi connectivity index (χ3v) is 4.27. The van der Waals surface area contributed by atoms with E-state index >= 15 is 0 Å². The first-order valence-electron chi connectivity index (χ1n) is 6.86. The fraction of sp³-hybridized carbons (Fsp3) is 0.294. The average molecular weight is 287 g/mol. The van der Waals surface area contributed by atoms with Gasteiger partial charge in [-0.15, -0.1) is 0 Å². The highest BCUT2D eigenvalue weighted by atomic mass is 35.5. The molecule has 0 saturated heterocycles. The molecule has 0 bridgehead atoms. The molecule has 20 heavy (non-hydrogen) atoms. The summed E-state index contributed by atoms with van der Waals surface area (Å²) >= 11 is 6.10. The fourth-order valence-corrected chi connectivity index (χ4v) is 3.26. The average Bonchev–Trinajstić information content (AvgIpc) is 2.36. The first-order valence-corrected chi connectivity index (χ1v) is 7.24. The highest BCUT2D eigenvalue weighted by Crippen LogP contribution is 2.45. The van der Waals surface area contributed by atoms with Gasteiger partial charge in [-0.05, 0) is 53.3 Å². The van der Waals surface area contributed by atoms with E-state index in [2.05, 4.69) is 43.4 Å². The molecule has 0 fully saturated rings. The second kappa shape index (κ2) is 4.71. The summed E-state index contributed by atoms with van der Waals surface area (Å²) in [5.41, 5.74) is 10.5. The molecule has 1 atom stereocenters. The number of halogens is 1. The largest absolute Gasteiger partial charge is 0.399 e. The lowest BCUT2D eigenvalue weighted by Crippen LogP contribution is -2.34. The van der Waals surface area contributed by atoms with Gasteiger partial charge in [0, 0.05) is 16.4 Å². The zero-order valence-corrected chi connectivity index (χ0v) is 12.5. The van der Waals surface area contributed by atoms with Gasteiger partial charge >= 0.3 is 0 Å². The maximum absolute atomic E-state index is 6.10. The summed E-state index contributed by atoms with van der Waals surface area (Å²) in [5, 5.41) is 4.44. The molecule has 1 heterocycles. The van der Waals surface area contributed by atoms with Crippen LogP contribution in [0, 0.1) is 5.41 Å². The molecule has 2 nitrogen and oxygen atoms in total. The number of hydrogen-bond donors (Lipinski definition) is 2. The SMILES string of the molecule is CC1(C)Cc2cc(Cl)ccc2N[C@H]1c1cccc(N)c1. The van der Waals surface area contributed by atoms with E-state index in [0.29, 0.717) is 0 Å². The van der Waals surface area contributed by atoms with E-state index in [1.165, 1.54) is 16.8 Å². The van der Waals surface area contributed by atoms with E-state index in [0.717, 1.165) is 17.1 Å². The molecule has 0 saturated carbocycles. The Morgan fingerprint density at radius 1 is 1.20 bits per heavy atom. The highest BCUT2D eigenvalue weighted by Gasteiger charge is 2.35. The minimum absolute atomic E-state index is 0.103. The van der Waals surface area contributed by atoms with Crippen molar-refractivity contribution in [3.63, 3.8) is 0 Å². The molecule has 0 radical (unpaired) electrons. The van der Waals surface area contributed by atoms with Crippen LogP contribution in [0.1, 0.15) is 31.0 Å². The number of rotatable bonds is 1. The molecular weight excluding hydrogens is 268 g/mol. The summed E-state index contributed by atoms with van der Waals surface area (Å²) in [6, 6.07) is 14.4. The predicted octanol–water partition coefficient (Wildman–Crippen LogP) is 4.66. The van der Waals surface area contributed by atoms with Gasteiger partial charge in [-0.25, -0.2) is 0 Å². The summed E-state index contributed by atoms with van der Waals surface area (Å²) < 4.78 is 0. The number of nitrogens with two attached hydrogens (primary N) is 1. The van der Waals surface area contributed by atoms with Gasteiger partial charge in [0.2, 0.25) is 0 Å². The van der Waals surface area contributed by atoms with Crippen molar-refractivity contribution in [2.75, 3.05) is 11.1 Å². The maximum atomic E-state index is 6.10. The van der Waals surface area contributed by atoms with E-state index < -0.39 is 0 Å². The van der Waals surface area contributed by atoms with E-state index in [1.54, 1.807) is 0 Å². The Morgan fingerprint density at radius 3 is 2.75 bits per heavy atom. The molecule has 2 aromatic carbocycles. The molecule has 3 rings (SSSR count). The van der Waals surface area contributed by atoms with Gasteiger partial charge in [-0.3, -0.25) is 0 Å². The van der Waals surface area contributed by atoms with Crippen LogP contribution >= 0.6 is 11.6 Å².